The molecule has 0 aliphatic heterocycles. The molecule has 5 nitrogen and oxygen atoms in total. The summed E-state index contributed by atoms with van der Waals surface area (Å²) in [5.74, 6) is 2.32. The summed E-state index contributed by atoms with van der Waals surface area (Å²) in [6, 6.07) is 5.71. The second-order valence-electron chi connectivity index (χ2n) is 4.54. The maximum absolute atomic E-state index is 5.27. The summed E-state index contributed by atoms with van der Waals surface area (Å²) in [5, 5.41) is 3.34. The summed E-state index contributed by atoms with van der Waals surface area (Å²) in [7, 11) is 3.28. The van der Waals surface area contributed by atoms with Crippen LogP contribution in [-0.2, 0) is 6.54 Å². The first-order valence-corrected chi connectivity index (χ1v) is 6.75. The minimum absolute atomic E-state index is 0.751. The van der Waals surface area contributed by atoms with Gasteiger partial charge in [-0.2, -0.15) is 0 Å². The van der Waals surface area contributed by atoms with Crippen LogP contribution in [0, 0.1) is 0 Å². The Morgan fingerprint density at radius 1 is 1.15 bits per heavy atom. The lowest BCUT2D eigenvalue weighted by Gasteiger charge is -2.06. The maximum Gasteiger partial charge on any atom is 0.137 e. The second-order valence-corrected chi connectivity index (χ2v) is 4.54. The van der Waals surface area contributed by atoms with E-state index in [1.54, 1.807) is 14.2 Å². The Hall–Kier alpha value is -2.01. The van der Waals surface area contributed by atoms with Gasteiger partial charge in [0.25, 0.3) is 0 Å². The zero-order chi connectivity index (χ0) is 14.4. The van der Waals surface area contributed by atoms with Gasteiger partial charge in [-0.05, 0) is 25.1 Å². The number of ether oxygens (including phenoxy) is 2. The Kier molecular flexibility index (Phi) is 5.01. The molecule has 0 spiro atoms. The summed E-state index contributed by atoms with van der Waals surface area (Å²) in [6.07, 6.45) is 2.97. The van der Waals surface area contributed by atoms with E-state index in [-0.39, 0.29) is 0 Å². The molecular weight excluding hydrogens is 254 g/mol. The van der Waals surface area contributed by atoms with E-state index < -0.39 is 0 Å². The molecule has 0 saturated heterocycles. The number of benzene rings is 1. The summed E-state index contributed by atoms with van der Waals surface area (Å²) >= 11 is 0. The van der Waals surface area contributed by atoms with Gasteiger partial charge < -0.3 is 19.8 Å². The molecule has 0 unspecified atom stereocenters. The fraction of sp³-hybridized carbons (Fsp3) is 0.400. The number of aromatic amines is 1. The number of hydrogen-bond donors (Lipinski definition) is 2. The lowest BCUT2D eigenvalue weighted by molar-refractivity contribution is 0.394. The van der Waals surface area contributed by atoms with Gasteiger partial charge in [-0.3, -0.25) is 0 Å². The number of H-pyrrole nitrogens is 1. The van der Waals surface area contributed by atoms with Crippen LogP contribution in [0.15, 0.2) is 24.4 Å². The number of aromatic nitrogens is 2. The van der Waals surface area contributed by atoms with Crippen molar-refractivity contribution in [3.8, 4) is 22.9 Å². The molecule has 2 aromatic rings. The van der Waals surface area contributed by atoms with E-state index in [0.717, 1.165) is 48.1 Å². The average molecular weight is 275 g/mol. The van der Waals surface area contributed by atoms with Gasteiger partial charge in [-0.1, -0.05) is 6.92 Å². The largest absolute Gasteiger partial charge is 0.497 e. The van der Waals surface area contributed by atoms with Gasteiger partial charge in [0.05, 0.1) is 14.2 Å². The van der Waals surface area contributed by atoms with Gasteiger partial charge in [-0.15, -0.1) is 0 Å². The third-order valence-electron chi connectivity index (χ3n) is 3.00. The molecule has 5 heteroatoms. The quantitative estimate of drug-likeness (QED) is 0.763. The molecular formula is C15H21N3O2. The molecule has 1 aromatic carbocycles. The number of imidazole rings is 1. The Labute approximate surface area is 119 Å². The van der Waals surface area contributed by atoms with Gasteiger partial charge in [0.1, 0.15) is 17.3 Å². The molecule has 0 saturated carbocycles. The van der Waals surface area contributed by atoms with Crippen LogP contribution in [0.5, 0.6) is 11.5 Å². The predicted octanol–water partition coefficient (Wildman–Crippen LogP) is 2.59. The van der Waals surface area contributed by atoms with Gasteiger partial charge >= 0.3 is 0 Å². The molecule has 108 valence electrons. The maximum atomic E-state index is 5.27. The van der Waals surface area contributed by atoms with Crippen LogP contribution in [0.4, 0.5) is 0 Å². The van der Waals surface area contributed by atoms with E-state index in [4.69, 9.17) is 9.47 Å². The van der Waals surface area contributed by atoms with Crippen molar-refractivity contribution in [1.29, 1.82) is 0 Å². The third kappa shape index (κ3) is 3.51. The number of nitrogens with zero attached hydrogens (tertiary/aromatic N) is 1. The van der Waals surface area contributed by atoms with Crippen molar-refractivity contribution in [3.63, 3.8) is 0 Å². The summed E-state index contributed by atoms with van der Waals surface area (Å²) in [4.78, 5) is 7.72. The minimum Gasteiger partial charge on any atom is -0.497 e. The highest BCUT2D eigenvalue weighted by molar-refractivity contribution is 5.61. The second kappa shape index (κ2) is 6.96. The van der Waals surface area contributed by atoms with Crippen LogP contribution in [0.3, 0.4) is 0 Å². The van der Waals surface area contributed by atoms with Crippen LogP contribution in [0.1, 0.15) is 19.0 Å². The molecule has 1 heterocycles. The molecule has 1 aromatic heterocycles. The SMILES string of the molecule is CCCNCc1cnc(-c2cc(OC)cc(OC)c2)[nH]1. The van der Waals surface area contributed by atoms with Crippen molar-refractivity contribution >= 4 is 0 Å². The Bertz CT molecular complexity index is 530. The molecule has 0 atom stereocenters. The number of rotatable bonds is 7. The van der Waals surface area contributed by atoms with Crippen molar-refractivity contribution in [2.24, 2.45) is 0 Å². The van der Waals surface area contributed by atoms with Crippen LogP contribution in [0.2, 0.25) is 0 Å². The van der Waals surface area contributed by atoms with Crippen molar-refractivity contribution in [1.82, 2.24) is 15.3 Å². The van der Waals surface area contributed by atoms with Crippen molar-refractivity contribution in [3.05, 3.63) is 30.1 Å². The molecule has 2 N–H and O–H groups in total. The number of methoxy groups -OCH3 is 2. The fourth-order valence-electron chi connectivity index (χ4n) is 1.94. The predicted molar refractivity (Wildman–Crippen MR) is 79.1 cm³/mol. The normalized spacial score (nSPS) is 10.6. The average Bonchev–Trinajstić information content (AvgIpc) is 2.96. The third-order valence-corrected chi connectivity index (χ3v) is 3.00. The molecule has 2 rings (SSSR count). The van der Waals surface area contributed by atoms with Gasteiger partial charge in [0, 0.05) is 30.1 Å². The molecule has 0 radical (unpaired) electrons. The monoisotopic (exact) mass is 275 g/mol. The van der Waals surface area contributed by atoms with E-state index in [2.05, 4.69) is 22.2 Å². The lowest BCUT2D eigenvalue weighted by Crippen LogP contribution is -2.13. The number of hydrogen-bond acceptors (Lipinski definition) is 4. The van der Waals surface area contributed by atoms with E-state index in [0.29, 0.717) is 0 Å². The smallest absolute Gasteiger partial charge is 0.137 e. The molecule has 20 heavy (non-hydrogen) atoms. The van der Waals surface area contributed by atoms with Gasteiger partial charge in [0.2, 0.25) is 0 Å². The Morgan fingerprint density at radius 2 is 1.85 bits per heavy atom. The summed E-state index contributed by atoms with van der Waals surface area (Å²) in [5.41, 5.74) is 2.01. The Balaban J connectivity index is 2.18. The number of nitrogens with one attached hydrogen (secondary N) is 2. The van der Waals surface area contributed by atoms with Crippen molar-refractivity contribution in [2.45, 2.75) is 19.9 Å². The first-order valence-electron chi connectivity index (χ1n) is 6.75. The highest BCUT2D eigenvalue weighted by Crippen LogP contribution is 2.28. The van der Waals surface area contributed by atoms with Crippen LogP contribution < -0.4 is 14.8 Å². The van der Waals surface area contributed by atoms with E-state index >= 15 is 0 Å². The molecule has 0 bridgehead atoms. The van der Waals surface area contributed by atoms with Gasteiger partial charge in [-0.25, -0.2) is 4.98 Å². The van der Waals surface area contributed by atoms with Crippen molar-refractivity contribution < 1.29 is 9.47 Å². The molecule has 0 fully saturated rings. The zero-order valence-electron chi connectivity index (χ0n) is 12.2. The Morgan fingerprint density at radius 3 is 2.45 bits per heavy atom. The highest BCUT2D eigenvalue weighted by atomic mass is 16.5. The summed E-state index contributed by atoms with van der Waals surface area (Å²) in [6.45, 7) is 3.94. The van der Waals surface area contributed by atoms with Crippen molar-refractivity contribution in [2.75, 3.05) is 20.8 Å². The van der Waals surface area contributed by atoms with Crippen LogP contribution in [-0.4, -0.2) is 30.7 Å². The molecule has 0 aliphatic carbocycles. The van der Waals surface area contributed by atoms with Gasteiger partial charge in [0.15, 0.2) is 0 Å². The lowest BCUT2D eigenvalue weighted by atomic mass is 10.2. The van der Waals surface area contributed by atoms with E-state index in [1.165, 1.54) is 0 Å². The molecule has 0 aliphatic rings. The highest BCUT2D eigenvalue weighted by Gasteiger charge is 2.07. The van der Waals surface area contributed by atoms with E-state index in [9.17, 15) is 0 Å². The first kappa shape index (κ1) is 14.4. The van der Waals surface area contributed by atoms with Crippen LogP contribution >= 0.6 is 0 Å². The minimum atomic E-state index is 0.751. The fourth-order valence-corrected chi connectivity index (χ4v) is 1.94. The summed E-state index contributed by atoms with van der Waals surface area (Å²) < 4.78 is 10.5. The standard InChI is InChI=1S/C15H21N3O2/c1-4-5-16-9-12-10-17-15(18-12)11-6-13(19-2)8-14(7-11)20-3/h6-8,10,16H,4-5,9H2,1-3H3,(H,17,18). The first-order chi connectivity index (χ1) is 9.76. The van der Waals surface area contributed by atoms with E-state index in [1.807, 2.05) is 24.4 Å². The topological polar surface area (TPSA) is 59.2 Å². The van der Waals surface area contributed by atoms with Crippen LogP contribution in [0.25, 0.3) is 11.4 Å². The molecule has 0 amide bonds. The zero-order valence-corrected chi connectivity index (χ0v) is 12.2.